The van der Waals surface area contributed by atoms with Gasteiger partial charge in [0.05, 0.1) is 24.7 Å². The Morgan fingerprint density at radius 1 is 1.17 bits per heavy atom. The molecule has 1 aliphatic heterocycles. The Kier molecular flexibility index (Phi) is 7.36. The van der Waals surface area contributed by atoms with Gasteiger partial charge in [0.15, 0.2) is 6.10 Å². The topological polar surface area (TPSA) is 42.0 Å². The van der Waals surface area contributed by atoms with E-state index in [-0.39, 0.29) is 11.2 Å². The number of anilines is 1. The number of thioether (sulfide) groups is 1. The van der Waals surface area contributed by atoms with Crippen molar-refractivity contribution in [2.75, 3.05) is 45.8 Å². The molecule has 0 bridgehead atoms. The van der Waals surface area contributed by atoms with E-state index in [4.69, 9.17) is 9.47 Å². The predicted molar refractivity (Wildman–Crippen MR) is 119 cm³/mol. The Labute approximate surface area is 177 Å². The number of carbonyl (C=O) groups excluding carboxylic acids is 1. The second kappa shape index (κ2) is 9.96. The van der Waals surface area contributed by atoms with Crippen LogP contribution in [0.1, 0.15) is 10.8 Å². The van der Waals surface area contributed by atoms with Crippen molar-refractivity contribution in [3.8, 4) is 5.75 Å². The minimum atomic E-state index is -0.610. The zero-order chi connectivity index (χ0) is 20.8. The average molecular weight is 413 g/mol. The van der Waals surface area contributed by atoms with Crippen molar-refractivity contribution in [1.82, 2.24) is 4.90 Å². The maximum Gasteiger partial charge on any atom is 0.257 e. The lowest BCUT2D eigenvalue weighted by Crippen LogP contribution is -2.44. The molecule has 1 amide bonds. The van der Waals surface area contributed by atoms with Crippen molar-refractivity contribution in [3.63, 3.8) is 0 Å². The van der Waals surface area contributed by atoms with Crippen LogP contribution < -0.4 is 9.64 Å². The normalized spacial score (nSPS) is 19.0. The third kappa shape index (κ3) is 5.01. The minimum absolute atomic E-state index is 0.0213. The summed E-state index contributed by atoms with van der Waals surface area (Å²) < 4.78 is 11.3. The summed E-state index contributed by atoms with van der Waals surface area (Å²) in [5.41, 5.74) is 1.97. The van der Waals surface area contributed by atoms with Crippen LogP contribution in [0.15, 0.2) is 66.1 Å². The maximum absolute atomic E-state index is 13.6. The molecule has 0 unspecified atom stereocenters. The van der Waals surface area contributed by atoms with Crippen LogP contribution in [0.3, 0.4) is 0 Å². The van der Waals surface area contributed by atoms with Crippen LogP contribution in [-0.4, -0.2) is 57.8 Å². The first-order valence-electron chi connectivity index (χ1n) is 9.63. The van der Waals surface area contributed by atoms with Crippen molar-refractivity contribution < 1.29 is 14.3 Å². The van der Waals surface area contributed by atoms with E-state index in [0.29, 0.717) is 13.2 Å². The summed E-state index contributed by atoms with van der Waals surface area (Å²) in [5, 5.41) is -0.168. The van der Waals surface area contributed by atoms with E-state index in [9.17, 15) is 4.79 Å². The summed E-state index contributed by atoms with van der Waals surface area (Å²) >= 11 is 1.67. The van der Waals surface area contributed by atoms with Crippen molar-refractivity contribution in [2.24, 2.45) is 0 Å². The van der Waals surface area contributed by atoms with Gasteiger partial charge < -0.3 is 19.3 Å². The number of ether oxygens (including phenoxy) is 2. The Morgan fingerprint density at radius 3 is 2.55 bits per heavy atom. The van der Waals surface area contributed by atoms with E-state index in [1.54, 1.807) is 24.9 Å². The van der Waals surface area contributed by atoms with Crippen LogP contribution in [-0.2, 0) is 9.53 Å². The molecule has 154 valence electrons. The highest BCUT2D eigenvalue weighted by Crippen LogP contribution is 2.46. The molecule has 3 rings (SSSR count). The molecule has 0 saturated carbocycles. The standard InChI is InChI=1S/C23H28N2O3S/c1-5-16-28-21-22(17-10-12-18(27-4)13-11-17)29-20-9-7-6-8-19(20)25(23(21)26)15-14-24(2)3/h5-13,21-22H,1,14-16H2,2-4H3/t21-,22+/m1/s1. The zero-order valence-electron chi connectivity index (χ0n) is 17.2. The monoisotopic (exact) mass is 412 g/mol. The Bertz CT molecular complexity index is 838. The third-order valence-electron chi connectivity index (χ3n) is 4.80. The third-order valence-corrected chi connectivity index (χ3v) is 6.18. The van der Waals surface area contributed by atoms with Gasteiger partial charge >= 0.3 is 0 Å². The minimum Gasteiger partial charge on any atom is -0.497 e. The smallest absolute Gasteiger partial charge is 0.257 e. The molecule has 1 aliphatic rings. The zero-order valence-corrected chi connectivity index (χ0v) is 18.0. The number of fused-ring (bicyclic) bond motifs is 1. The number of methoxy groups -OCH3 is 1. The summed E-state index contributed by atoms with van der Waals surface area (Å²) in [5.74, 6) is 0.766. The molecule has 1 heterocycles. The number of carbonyl (C=O) groups is 1. The first-order valence-corrected chi connectivity index (χ1v) is 10.5. The first-order chi connectivity index (χ1) is 14.0. The summed E-state index contributed by atoms with van der Waals surface area (Å²) in [6.07, 6.45) is 1.08. The van der Waals surface area contributed by atoms with Crippen LogP contribution in [0.2, 0.25) is 0 Å². The van der Waals surface area contributed by atoms with E-state index >= 15 is 0 Å². The molecule has 2 atom stereocenters. The van der Waals surface area contributed by atoms with Crippen molar-refractivity contribution >= 4 is 23.4 Å². The second-order valence-corrected chi connectivity index (χ2v) is 8.30. The summed E-state index contributed by atoms with van der Waals surface area (Å²) in [7, 11) is 5.66. The fourth-order valence-corrected chi connectivity index (χ4v) is 4.62. The molecule has 2 aromatic rings. The van der Waals surface area contributed by atoms with Crippen LogP contribution in [0.25, 0.3) is 0 Å². The van der Waals surface area contributed by atoms with Gasteiger partial charge in [-0.2, -0.15) is 0 Å². The van der Waals surface area contributed by atoms with Crippen molar-refractivity contribution in [2.45, 2.75) is 16.2 Å². The maximum atomic E-state index is 13.6. The average Bonchev–Trinajstić information content (AvgIpc) is 2.85. The van der Waals surface area contributed by atoms with E-state index in [2.05, 4.69) is 17.5 Å². The highest BCUT2D eigenvalue weighted by atomic mass is 32.2. The molecule has 0 aromatic heterocycles. The largest absolute Gasteiger partial charge is 0.497 e. The van der Waals surface area contributed by atoms with Gasteiger partial charge in [-0.15, -0.1) is 18.3 Å². The molecular formula is C23H28N2O3S. The van der Waals surface area contributed by atoms with Gasteiger partial charge in [-0.25, -0.2) is 0 Å². The van der Waals surface area contributed by atoms with Crippen LogP contribution in [0.4, 0.5) is 5.69 Å². The predicted octanol–water partition coefficient (Wildman–Crippen LogP) is 4.01. The number of rotatable bonds is 8. The highest BCUT2D eigenvalue weighted by molar-refractivity contribution is 7.99. The Morgan fingerprint density at radius 2 is 1.90 bits per heavy atom. The Balaban J connectivity index is 2.03. The van der Waals surface area contributed by atoms with Gasteiger partial charge in [0.1, 0.15) is 5.75 Å². The Hall–Kier alpha value is -2.28. The van der Waals surface area contributed by atoms with E-state index in [0.717, 1.165) is 28.4 Å². The molecule has 0 N–H and O–H groups in total. The number of para-hydroxylation sites is 1. The van der Waals surface area contributed by atoms with Crippen molar-refractivity contribution in [1.29, 1.82) is 0 Å². The number of nitrogens with zero attached hydrogens (tertiary/aromatic N) is 2. The number of hydrogen-bond acceptors (Lipinski definition) is 5. The second-order valence-electron chi connectivity index (χ2n) is 7.12. The highest BCUT2D eigenvalue weighted by Gasteiger charge is 2.39. The number of hydrogen-bond donors (Lipinski definition) is 0. The first kappa shape index (κ1) is 21.4. The fourth-order valence-electron chi connectivity index (χ4n) is 3.28. The van der Waals surface area contributed by atoms with Gasteiger partial charge in [0.25, 0.3) is 5.91 Å². The van der Waals surface area contributed by atoms with Gasteiger partial charge in [0.2, 0.25) is 0 Å². The molecule has 0 aliphatic carbocycles. The van der Waals surface area contributed by atoms with Crippen molar-refractivity contribution in [3.05, 3.63) is 66.7 Å². The van der Waals surface area contributed by atoms with Crippen LogP contribution in [0, 0.1) is 0 Å². The van der Waals surface area contributed by atoms with Crippen LogP contribution >= 0.6 is 11.8 Å². The quantitative estimate of drug-likeness (QED) is 0.613. The summed E-state index contributed by atoms with van der Waals surface area (Å²) in [6, 6.07) is 15.9. The molecular weight excluding hydrogens is 384 g/mol. The molecule has 0 spiro atoms. The SMILES string of the molecule is C=CCO[C@H]1C(=O)N(CCN(C)C)c2ccccc2S[C@H]1c1ccc(OC)cc1. The van der Waals surface area contributed by atoms with E-state index in [1.165, 1.54) is 0 Å². The molecule has 2 aromatic carbocycles. The number of benzene rings is 2. The van der Waals surface area contributed by atoms with Gasteiger partial charge in [-0.05, 0) is 43.9 Å². The fraction of sp³-hybridized carbons (Fsp3) is 0.348. The van der Waals surface area contributed by atoms with Gasteiger partial charge in [-0.1, -0.05) is 30.3 Å². The molecule has 0 radical (unpaired) electrons. The van der Waals surface area contributed by atoms with E-state index < -0.39 is 6.10 Å². The molecule has 0 saturated heterocycles. The molecule has 5 nitrogen and oxygen atoms in total. The summed E-state index contributed by atoms with van der Waals surface area (Å²) in [6.45, 7) is 5.45. The van der Waals surface area contributed by atoms with Gasteiger partial charge in [-0.3, -0.25) is 4.79 Å². The lowest BCUT2D eigenvalue weighted by Gasteiger charge is -2.28. The molecule has 6 heteroatoms. The van der Waals surface area contributed by atoms with Gasteiger partial charge in [0, 0.05) is 18.0 Å². The molecule has 0 fully saturated rings. The molecule has 29 heavy (non-hydrogen) atoms. The van der Waals surface area contributed by atoms with E-state index in [1.807, 2.05) is 61.5 Å². The summed E-state index contributed by atoms with van der Waals surface area (Å²) in [4.78, 5) is 18.7. The number of amides is 1. The number of likely N-dealkylation sites (N-methyl/N-ethyl adjacent to an activating group) is 1. The van der Waals surface area contributed by atoms with Crippen LogP contribution in [0.5, 0.6) is 5.75 Å². The lowest BCUT2D eigenvalue weighted by molar-refractivity contribution is -0.129. The lowest BCUT2D eigenvalue weighted by atomic mass is 10.1.